The molecule has 0 aliphatic carbocycles. The highest BCUT2D eigenvalue weighted by Crippen LogP contribution is 2.46. The normalized spacial score (nSPS) is 14.4. The number of allylic oxidation sites excluding steroid dienone is 1. The third kappa shape index (κ3) is 6.83. The number of benzene rings is 1. The largest absolute Gasteiger partial charge is 0.493 e. The minimum absolute atomic E-state index is 0.218. The summed E-state index contributed by atoms with van der Waals surface area (Å²) in [7, 11) is -0.639. The van der Waals surface area contributed by atoms with E-state index in [1.165, 1.54) is 14.2 Å². The highest BCUT2D eigenvalue weighted by atomic mass is 31.2. The molecule has 0 saturated heterocycles. The van der Waals surface area contributed by atoms with Gasteiger partial charge in [-0.05, 0) is 44.9 Å². The predicted octanol–water partition coefficient (Wildman–Crippen LogP) is 3.53. The van der Waals surface area contributed by atoms with Crippen LogP contribution in [0.4, 0.5) is 0 Å². The minimum atomic E-state index is -3.54. The number of nitrogens with one attached hydrogen (secondary N) is 1. The van der Waals surface area contributed by atoms with E-state index in [1.54, 1.807) is 39.0 Å². The van der Waals surface area contributed by atoms with Crippen LogP contribution in [0.5, 0.6) is 11.5 Å². The summed E-state index contributed by atoms with van der Waals surface area (Å²) >= 11 is 0. The summed E-state index contributed by atoms with van der Waals surface area (Å²) < 4.78 is 34.3. The first-order chi connectivity index (χ1) is 12.2. The van der Waals surface area contributed by atoms with Crippen molar-refractivity contribution in [3.05, 3.63) is 36.4 Å². The number of hydrogen-bond donors (Lipinski definition) is 1. The third-order valence-corrected chi connectivity index (χ3v) is 5.12. The van der Waals surface area contributed by atoms with Gasteiger partial charge in [0, 0.05) is 7.11 Å². The summed E-state index contributed by atoms with van der Waals surface area (Å²) in [6.07, 6.45) is 1.95. The van der Waals surface area contributed by atoms with E-state index in [9.17, 15) is 9.36 Å². The molecule has 1 aromatic rings. The quantitative estimate of drug-likeness (QED) is 0.354. The van der Waals surface area contributed by atoms with E-state index < -0.39 is 19.5 Å². The Hall–Kier alpha value is -1.82. The molecule has 8 heteroatoms. The second-order valence-corrected chi connectivity index (χ2v) is 8.04. The molecule has 0 spiro atoms. The van der Waals surface area contributed by atoms with E-state index in [1.807, 2.05) is 6.07 Å². The average Bonchev–Trinajstić information content (AvgIpc) is 2.55. The van der Waals surface area contributed by atoms with Gasteiger partial charge >= 0.3 is 13.5 Å². The van der Waals surface area contributed by atoms with Crippen molar-refractivity contribution in [3.8, 4) is 11.5 Å². The molecule has 0 fully saturated rings. The second kappa shape index (κ2) is 10.4. The Bertz CT molecular complexity index is 661. The lowest BCUT2D eigenvalue weighted by Gasteiger charge is -2.24. The first-order valence-electron chi connectivity index (χ1n) is 8.28. The Morgan fingerprint density at radius 1 is 1.27 bits per heavy atom. The number of esters is 1. The predicted molar refractivity (Wildman–Crippen MR) is 101 cm³/mol. The molecule has 0 radical (unpaired) electrons. The van der Waals surface area contributed by atoms with Gasteiger partial charge in [0.25, 0.3) is 0 Å². The molecular weight excluding hydrogens is 357 g/mol. The molecule has 1 unspecified atom stereocenters. The maximum Gasteiger partial charge on any atom is 0.342 e. The number of carbonyl (C=O) groups is 1. The van der Waals surface area contributed by atoms with Crippen molar-refractivity contribution in [1.29, 1.82) is 0 Å². The van der Waals surface area contributed by atoms with E-state index in [4.69, 9.17) is 18.7 Å². The summed E-state index contributed by atoms with van der Waals surface area (Å²) in [6.45, 7) is 8.74. The van der Waals surface area contributed by atoms with Crippen LogP contribution in [0.15, 0.2) is 30.9 Å². The smallest absolute Gasteiger partial charge is 0.342 e. The average molecular weight is 385 g/mol. The molecule has 0 amide bonds. The Balaban J connectivity index is 3.00. The van der Waals surface area contributed by atoms with Crippen molar-refractivity contribution < 1.29 is 28.1 Å². The fourth-order valence-electron chi connectivity index (χ4n) is 2.18. The van der Waals surface area contributed by atoms with Gasteiger partial charge in [0.2, 0.25) is 0 Å². The van der Waals surface area contributed by atoms with Crippen LogP contribution in [0.2, 0.25) is 0 Å². The number of hydrogen-bond acceptors (Lipinski definition) is 6. The summed E-state index contributed by atoms with van der Waals surface area (Å²) in [5.41, 5.74) is 0.979. The first kappa shape index (κ1) is 22.2. The van der Waals surface area contributed by atoms with Gasteiger partial charge in [-0.2, -0.15) is 0 Å². The van der Waals surface area contributed by atoms with Crippen molar-refractivity contribution in [2.24, 2.45) is 0 Å². The topological polar surface area (TPSA) is 83.1 Å². The zero-order valence-electron chi connectivity index (χ0n) is 16.0. The van der Waals surface area contributed by atoms with Crippen LogP contribution >= 0.6 is 7.52 Å². The van der Waals surface area contributed by atoms with E-state index in [0.29, 0.717) is 12.2 Å². The molecule has 7 nitrogen and oxygen atoms in total. The van der Waals surface area contributed by atoms with Crippen molar-refractivity contribution in [2.45, 2.75) is 39.3 Å². The zero-order chi connectivity index (χ0) is 19.7. The van der Waals surface area contributed by atoms with Crippen LogP contribution in [0.25, 0.3) is 0 Å². The molecule has 1 N–H and O–H groups in total. The van der Waals surface area contributed by atoms with Crippen LogP contribution in [-0.2, 0) is 25.3 Å². The van der Waals surface area contributed by atoms with Gasteiger partial charge in [0.1, 0.15) is 12.4 Å². The molecule has 1 aromatic carbocycles. The fourth-order valence-corrected chi connectivity index (χ4v) is 3.87. The van der Waals surface area contributed by atoms with Crippen molar-refractivity contribution in [3.63, 3.8) is 0 Å². The molecular formula is C18H28NO6P. The van der Waals surface area contributed by atoms with Gasteiger partial charge in [-0.1, -0.05) is 12.1 Å². The molecule has 146 valence electrons. The number of carbonyl (C=O) groups excluding carboxylic acids is 1. The lowest BCUT2D eigenvalue weighted by molar-refractivity contribution is -0.149. The molecule has 0 aliphatic heterocycles. The molecule has 0 aromatic heterocycles. The Morgan fingerprint density at radius 2 is 1.96 bits per heavy atom. The summed E-state index contributed by atoms with van der Waals surface area (Å²) in [4.78, 5) is 12.0. The van der Waals surface area contributed by atoms with Crippen LogP contribution < -0.4 is 14.3 Å². The molecule has 0 aliphatic rings. The third-order valence-electron chi connectivity index (χ3n) is 3.25. The monoisotopic (exact) mass is 385 g/mol. The van der Waals surface area contributed by atoms with Crippen molar-refractivity contribution in [1.82, 2.24) is 5.09 Å². The summed E-state index contributed by atoms with van der Waals surface area (Å²) in [5.74, 6) is 0.200. The second-order valence-electron chi connectivity index (χ2n) is 6.00. The van der Waals surface area contributed by atoms with Crippen molar-refractivity contribution in [2.75, 3.05) is 20.6 Å². The molecule has 0 saturated carbocycles. The Morgan fingerprint density at radius 3 is 2.50 bits per heavy atom. The minimum Gasteiger partial charge on any atom is -0.493 e. The SMILES string of the molecule is C=CCc1ccc(OP(=O)(COC)N[C@@H](C)C(=O)OC(C)C)c(OC)c1. The maximum absolute atomic E-state index is 13.1. The highest BCUT2D eigenvalue weighted by Gasteiger charge is 2.31. The lowest BCUT2D eigenvalue weighted by atomic mass is 10.1. The fraction of sp³-hybridized carbons (Fsp3) is 0.500. The molecule has 2 atom stereocenters. The van der Waals surface area contributed by atoms with Crippen LogP contribution in [0, 0.1) is 0 Å². The summed E-state index contributed by atoms with van der Waals surface area (Å²) in [5, 5.41) is 2.70. The first-order valence-corrected chi connectivity index (χ1v) is 10.1. The zero-order valence-corrected chi connectivity index (χ0v) is 16.9. The molecule has 1 rings (SSSR count). The van der Waals surface area contributed by atoms with Crippen molar-refractivity contribution >= 4 is 13.5 Å². The Kier molecular flexibility index (Phi) is 8.85. The standard InChI is InChI=1S/C18H28NO6P/c1-7-8-15-9-10-16(17(11-15)23-6)25-26(21,12-22-5)19-14(4)18(20)24-13(2)3/h7,9-11,13-14H,1,8,12H2,2-6H3,(H,19,21)/t14-,26?/m0/s1. The highest BCUT2D eigenvalue weighted by molar-refractivity contribution is 7.57. The maximum atomic E-state index is 13.1. The van der Waals surface area contributed by atoms with Crippen LogP contribution in [-0.4, -0.2) is 38.7 Å². The van der Waals surface area contributed by atoms with E-state index in [-0.39, 0.29) is 18.2 Å². The number of methoxy groups -OCH3 is 2. The van der Waals surface area contributed by atoms with Crippen LogP contribution in [0.3, 0.4) is 0 Å². The van der Waals surface area contributed by atoms with E-state index in [0.717, 1.165) is 5.56 Å². The van der Waals surface area contributed by atoms with Gasteiger partial charge in [0.05, 0.1) is 13.2 Å². The lowest BCUT2D eigenvalue weighted by Crippen LogP contribution is -2.36. The van der Waals surface area contributed by atoms with E-state index >= 15 is 0 Å². The van der Waals surface area contributed by atoms with Gasteiger partial charge < -0.3 is 18.7 Å². The van der Waals surface area contributed by atoms with Crippen LogP contribution in [0.1, 0.15) is 26.3 Å². The van der Waals surface area contributed by atoms with Gasteiger partial charge in [-0.25, -0.2) is 5.09 Å². The number of rotatable bonds is 11. The Labute approximate surface area is 155 Å². The molecule has 26 heavy (non-hydrogen) atoms. The molecule has 0 bridgehead atoms. The van der Waals surface area contributed by atoms with E-state index in [2.05, 4.69) is 11.7 Å². The van der Waals surface area contributed by atoms with Gasteiger partial charge in [-0.15, -0.1) is 6.58 Å². The number of ether oxygens (including phenoxy) is 3. The van der Waals surface area contributed by atoms with Gasteiger partial charge in [0.15, 0.2) is 11.5 Å². The van der Waals surface area contributed by atoms with Gasteiger partial charge in [-0.3, -0.25) is 9.36 Å². The molecule has 0 heterocycles. The summed E-state index contributed by atoms with van der Waals surface area (Å²) in [6, 6.07) is 4.45.